The summed E-state index contributed by atoms with van der Waals surface area (Å²) in [5.74, 6) is 0.571. The molecule has 0 aliphatic carbocycles. The molecule has 0 aliphatic heterocycles. The van der Waals surface area contributed by atoms with Crippen molar-refractivity contribution in [1.82, 2.24) is 0 Å². The van der Waals surface area contributed by atoms with Crippen LogP contribution in [0.25, 0.3) is 0 Å². The van der Waals surface area contributed by atoms with E-state index in [0.29, 0.717) is 18.8 Å². The van der Waals surface area contributed by atoms with Crippen LogP contribution in [0.15, 0.2) is 47.4 Å². The summed E-state index contributed by atoms with van der Waals surface area (Å²) in [6.07, 6.45) is 2.02. The molecule has 2 aromatic rings. The van der Waals surface area contributed by atoms with E-state index in [1.54, 1.807) is 37.1 Å². The Morgan fingerprint density at radius 1 is 1.17 bits per heavy atom. The Hall–Kier alpha value is -1.98. The molecule has 0 heterocycles. The zero-order chi connectivity index (χ0) is 16.7. The van der Waals surface area contributed by atoms with Gasteiger partial charge in [-0.25, -0.2) is 0 Å². The largest absolute Gasteiger partial charge is 0.496 e. The highest BCUT2D eigenvalue weighted by Crippen LogP contribution is 2.22. The number of ether oxygens (including phenoxy) is 2. The molecule has 4 nitrogen and oxygen atoms in total. The van der Waals surface area contributed by atoms with Crippen LogP contribution in [0.1, 0.15) is 22.8 Å². The Morgan fingerprint density at radius 2 is 1.91 bits per heavy atom. The van der Waals surface area contributed by atoms with Crippen molar-refractivity contribution in [3.63, 3.8) is 0 Å². The third kappa shape index (κ3) is 4.74. The lowest BCUT2D eigenvalue weighted by Crippen LogP contribution is -2.12. The van der Waals surface area contributed by atoms with E-state index >= 15 is 0 Å². The van der Waals surface area contributed by atoms with E-state index in [1.165, 1.54) is 0 Å². The molecule has 0 saturated carbocycles. The van der Waals surface area contributed by atoms with Gasteiger partial charge >= 0.3 is 0 Å². The third-order valence-corrected chi connectivity index (χ3v) is 4.10. The van der Waals surface area contributed by atoms with Gasteiger partial charge < -0.3 is 14.8 Å². The van der Waals surface area contributed by atoms with Gasteiger partial charge in [-0.15, -0.1) is 11.8 Å². The number of amides is 1. The molecule has 0 saturated heterocycles. The van der Waals surface area contributed by atoms with Crippen LogP contribution in [0.5, 0.6) is 5.75 Å². The van der Waals surface area contributed by atoms with Gasteiger partial charge in [0.25, 0.3) is 5.91 Å². The average Bonchev–Trinajstić information content (AvgIpc) is 2.60. The molecule has 0 aromatic heterocycles. The van der Waals surface area contributed by atoms with E-state index in [0.717, 1.165) is 21.9 Å². The summed E-state index contributed by atoms with van der Waals surface area (Å²) in [6.45, 7) is 2.96. The van der Waals surface area contributed by atoms with Crippen molar-refractivity contribution >= 4 is 23.4 Å². The third-order valence-electron chi connectivity index (χ3n) is 3.35. The topological polar surface area (TPSA) is 47.6 Å². The quantitative estimate of drug-likeness (QED) is 0.772. The summed E-state index contributed by atoms with van der Waals surface area (Å²) < 4.78 is 10.7. The maximum atomic E-state index is 12.4. The van der Waals surface area contributed by atoms with E-state index in [9.17, 15) is 4.79 Å². The van der Waals surface area contributed by atoms with Gasteiger partial charge in [-0.1, -0.05) is 0 Å². The minimum Gasteiger partial charge on any atom is -0.496 e. The van der Waals surface area contributed by atoms with Gasteiger partial charge in [0.2, 0.25) is 0 Å². The van der Waals surface area contributed by atoms with Crippen molar-refractivity contribution in [2.24, 2.45) is 0 Å². The van der Waals surface area contributed by atoms with Crippen molar-refractivity contribution in [1.29, 1.82) is 0 Å². The number of anilines is 1. The molecule has 0 radical (unpaired) electrons. The summed E-state index contributed by atoms with van der Waals surface area (Å²) >= 11 is 1.67. The number of rotatable bonds is 7. The van der Waals surface area contributed by atoms with E-state index < -0.39 is 0 Å². The van der Waals surface area contributed by atoms with Crippen LogP contribution in [0.4, 0.5) is 5.69 Å². The van der Waals surface area contributed by atoms with E-state index in [4.69, 9.17) is 9.47 Å². The maximum absolute atomic E-state index is 12.4. The summed E-state index contributed by atoms with van der Waals surface area (Å²) in [6, 6.07) is 13.1. The predicted molar refractivity (Wildman–Crippen MR) is 94.5 cm³/mol. The average molecular weight is 331 g/mol. The standard InChI is InChI=1S/C18H21NO3S/c1-4-22-12-14-11-13(5-10-17(14)21-2)18(20)19-15-6-8-16(23-3)9-7-15/h5-11H,4,12H2,1-3H3,(H,19,20). The first-order chi connectivity index (χ1) is 11.2. The second kappa shape index (κ2) is 8.60. The van der Waals surface area contributed by atoms with Gasteiger partial charge in [0.15, 0.2) is 0 Å². The summed E-state index contributed by atoms with van der Waals surface area (Å²) in [5, 5.41) is 2.90. The van der Waals surface area contributed by atoms with Crippen molar-refractivity contribution < 1.29 is 14.3 Å². The van der Waals surface area contributed by atoms with Crippen LogP contribution in [0.2, 0.25) is 0 Å². The molecule has 1 amide bonds. The van der Waals surface area contributed by atoms with Crippen LogP contribution < -0.4 is 10.1 Å². The normalized spacial score (nSPS) is 10.4. The molecular formula is C18H21NO3S. The molecule has 2 rings (SSSR count). The minimum absolute atomic E-state index is 0.151. The lowest BCUT2D eigenvalue weighted by Gasteiger charge is -2.11. The lowest BCUT2D eigenvalue weighted by atomic mass is 10.1. The van der Waals surface area contributed by atoms with Gasteiger partial charge in [-0.3, -0.25) is 4.79 Å². The molecule has 0 fully saturated rings. The van der Waals surface area contributed by atoms with Crippen molar-refractivity contribution in [2.75, 3.05) is 25.3 Å². The monoisotopic (exact) mass is 331 g/mol. The molecule has 1 N–H and O–H groups in total. The van der Waals surface area contributed by atoms with Crippen LogP contribution in [0.3, 0.4) is 0 Å². The fraction of sp³-hybridized carbons (Fsp3) is 0.278. The lowest BCUT2D eigenvalue weighted by molar-refractivity contribution is 0.102. The Bertz CT molecular complexity index is 656. The Balaban J connectivity index is 2.14. The second-order valence-electron chi connectivity index (χ2n) is 4.85. The Morgan fingerprint density at radius 3 is 2.52 bits per heavy atom. The fourth-order valence-electron chi connectivity index (χ4n) is 2.12. The van der Waals surface area contributed by atoms with Crippen molar-refractivity contribution in [2.45, 2.75) is 18.4 Å². The minimum atomic E-state index is -0.151. The highest BCUT2D eigenvalue weighted by atomic mass is 32.2. The highest BCUT2D eigenvalue weighted by Gasteiger charge is 2.11. The number of carbonyl (C=O) groups excluding carboxylic acids is 1. The molecule has 2 aromatic carbocycles. The van der Waals surface area contributed by atoms with Crippen LogP contribution in [-0.2, 0) is 11.3 Å². The van der Waals surface area contributed by atoms with Gasteiger partial charge in [-0.05, 0) is 55.6 Å². The zero-order valence-corrected chi connectivity index (χ0v) is 14.4. The van der Waals surface area contributed by atoms with Gasteiger partial charge in [0.05, 0.1) is 13.7 Å². The first-order valence-corrected chi connectivity index (χ1v) is 8.60. The summed E-state index contributed by atoms with van der Waals surface area (Å²) in [7, 11) is 1.61. The van der Waals surface area contributed by atoms with Crippen molar-refractivity contribution in [3.8, 4) is 5.75 Å². The fourth-order valence-corrected chi connectivity index (χ4v) is 2.53. The van der Waals surface area contributed by atoms with Crippen LogP contribution >= 0.6 is 11.8 Å². The highest BCUT2D eigenvalue weighted by molar-refractivity contribution is 7.98. The number of nitrogens with one attached hydrogen (secondary N) is 1. The SMILES string of the molecule is CCOCc1cc(C(=O)Nc2ccc(SC)cc2)ccc1OC. The first kappa shape index (κ1) is 17.4. The molecule has 0 spiro atoms. The molecule has 0 atom stereocenters. The van der Waals surface area contributed by atoms with Gasteiger partial charge in [-0.2, -0.15) is 0 Å². The van der Waals surface area contributed by atoms with E-state index in [1.807, 2.05) is 37.4 Å². The molecule has 5 heteroatoms. The van der Waals surface area contributed by atoms with Crippen LogP contribution in [-0.4, -0.2) is 25.9 Å². The first-order valence-electron chi connectivity index (χ1n) is 7.38. The zero-order valence-electron chi connectivity index (χ0n) is 13.6. The molecule has 23 heavy (non-hydrogen) atoms. The Kier molecular flexibility index (Phi) is 6.50. The molecule has 0 bridgehead atoms. The van der Waals surface area contributed by atoms with Crippen molar-refractivity contribution in [3.05, 3.63) is 53.6 Å². The number of hydrogen-bond donors (Lipinski definition) is 1. The van der Waals surface area contributed by atoms with E-state index in [-0.39, 0.29) is 5.91 Å². The Labute approximate surface area is 141 Å². The number of thioether (sulfide) groups is 1. The van der Waals surface area contributed by atoms with Gasteiger partial charge in [0.1, 0.15) is 5.75 Å². The van der Waals surface area contributed by atoms with Gasteiger partial charge in [0, 0.05) is 28.3 Å². The number of hydrogen-bond acceptors (Lipinski definition) is 4. The number of benzene rings is 2. The molecule has 122 valence electrons. The molecular weight excluding hydrogens is 310 g/mol. The predicted octanol–water partition coefficient (Wildman–Crippen LogP) is 4.21. The number of methoxy groups -OCH3 is 1. The summed E-state index contributed by atoms with van der Waals surface area (Å²) in [5.41, 5.74) is 2.21. The second-order valence-corrected chi connectivity index (χ2v) is 5.73. The number of carbonyl (C=O) groups is 1. The summed E-state index contributed by atoms with van der Waals surface area (Å²) in [4.78, 5) is 13.6. The maximum Gasteiger partial charge on any atom is 0.255 e. The molecule has 0 aliphatic rings. The smallest absolute Gasteiger partial charge is 0.255 e. The van der Waals surface area contributed by atoms with Crippen LogP contribution in [0, 0.1) is 0 Å². The molecule has 0 unspecified atom stereocenters. The van der Waals surface area contributed by atoms with E-state index in [2.05, 4.69) is 5.32 Å².